The van der Waals surface area contributed by atoms with Gasteiger partial charge in [-0.3, -0.25) is 0 Å². The quantitative estimate of drug-likeness (QED) is 0.745. The van der Waals surface area contributed by atoms with Gasteiger partial charge in [-0.25, -0.2) is 9.97 Å². The monoisotopic (exact) mass is 252 g/mol. The second-order valence-corrected chi connectivity index (χ2v) is 4.18. The molecule has 1 unspecified atom stereocenters. The lowest BCUT2D eigenvalue weighted by molar-refractivity contribution is 0.128. The largest absolute Gasteiger partial charge is 0.374 e. The van der Waals surface area contributed by atoms with E-state index in [1.54, 1.807) is 0 Å². The molecule has 1 aromatic rings. The van der Waals surface area contributed by atoms with E-state index in [0.717, 1.165) is 24.6 Å². The van der Waals surface area contributed by atoms with E-state index in [1.807, 2.05) is 19.9 Å². The fourth-order valence-electron chi connectivity index (χ4n) is 1.46. The summed E-state index contributed by atoms with van der Waals surface area (Å²) >= 11 is 0. The fourth-order valence-corrected chi connectivity index (χ4v) is 1.46. The molecule has 5 nitrogen and oxygen atoms in total. The van der Waals surface area contributed by atoms with Crippen LogP contribution in [0.25, 0.3) is 0 Å². The highest BCUT2D eigenvalue weighted by Crippen LogP contribution is 2.13. The van der Waals surface area contributed by atoms with E-state index in [-0.39, 0.29) is 0 Å². The minimum atomic E-state index is 0.398. The van der Waals surface area contributed by atoms with Crippen LogP contribution in [0.3, 0.4) is 0 Å². The molecule has 0 saturated heterocycles. The van der Waals surface area contributed by atoms with Gasteiger partial charge in [0.15, 0.2) is 5.82 Å². The van der Waals surface area contributed by atoms with Crippen molar-refractivity contribution in [3.63, 3.8) is 0 Å². The van der Waals surface area contributed by atoms with Crippen molar-refractivity contribution in [2.45, 2.75) is 46.8 Å². The number of anilines is 2. The molecule has 18 heavy (non-hydrogen) atoms. The summed E-state index contributed by atoms with van der Waals surface area (Å²) in [7, 11) is 0. The Morgan fingerprint density at radius 2 is 1.94 bits per heavy atom. The molecule has 102 valence electrons. The second kappa shape index (κ2) is 7.87. The van der Waals surface area contributed by atoms with Crippen molar-refractivity contribution < 1.29 is 4.74 Å². The first-order valence-electron chi connectivity index (χ1n) is 6.65. The van der Waals surface area contributed by atoms with Crippen molar-refractivity contribution in [1.82, 2.24) is 9.97 Å². The van der Waals surface area contributed by atoms with Gasteiger partial charge in [0.1, 0.15) is 18.2 Å². The van der Waals surface area contributed by atoms with Crippen LogP contribution in [-0.4, -0.2) is 29.2 Å². The average Bonchev–Trinajstić information content (AvgIpc) is 2.36. The highest BCUT2D eigenvalue weighted by atomic mass is 16.5. The average molecular weight is 252 g/mol. The third-order valence-electron chi connectivity index (χ3n) is 2.57. The number of rotatable bonds is 8. The molecular weight excluding hydrogens is 228 g/mol. The lowest BCUT2D eigenvalue weighted by Crippen LogP contribution is -2.16. The van der Waals surface area contributed by atoms with Crippen molar-refractivity contribution in [3.05, 3.63) is 11.9 Å². The highest BCUT2D eigenvalue weighted by molar-refractivity contribution is 5.47. The Balaban J connectivity index is 2.83. The molecule has 0 aromatic carbocycles. The maximum absolute atomic E-state index is 5.36. The Morgan fingerprint density at radius 1 is 1.22 bits per heavy atom. The normalized spacial score (nSPS) is 12.2. The molecule has 0 radical (unpaired) electrons. The van der Waals surface area contributed by atoms with E-state index in [1.165, 1.54) is 0 Å². The topological polar surface area (TPSA) is 59.1 Å². The molecule has 0 aliphatic heterocycles. The summed E-state index contributed by atoms with van der Waals surface area (Å²) in [5, 5.41) is 6.57. The fraction of sp³-hybridized carbons (Fsp3) is 0.692. The van der Waals surface area contributed by atoms with E-state index in [9.17, 15) is 0 Å². The first-order chi connectivity index (χ1) is 8.69. The molecule has 0 amide bonds. The Kier molecular flexibility index (Phi) is 6.43. The minimum absolute atomic E-state index is 0.398. The third kappa shape index (κ3) is 4.87. The van der Waals surface area contributed by atoms with Gasteiger partial charge in [0.25, 0.3) is 0 Å². The Labute approximate surface area is 109 Å². The van der Waals surface area contributed by atoms with Gasteiger partial charge in [-0.05, 0) is 27.2 Å². The van der Waals surface area contributed by atoms with Crippen LogP contribution in [0.5, 0.6) is 0 Å². The van der Waals surface area contributed by atoms with Crippen LogP contribution in [0.1, 0.15) is 39.9 Å². The van der Waals surface area contributed by atoms with Gasteiger partial charge < -0.3 is 15.4 Å². The highest BCUT2D eigenvalue weighted by Gasteiger charge is 2.06. The van der Waals surface area contributed by atoms with Crippen LogP contribution in [0.15, 0.2) is 6.07 Å². The first kappa shape index (κ1) is 14.7. The molecule has 0 saturated carbocycles. The van der Waals surface area contributed by atoms with Crippen LogP contribution in [-0.2, 0) is 11.3 Å². The molecule has 0 fully saturated rings. The molecule has 0 bridgehead atoms. The van der Waals surface area contributed by atoms with Gasteiger partial charge in [-0.1, -0.05) is 6.92 Å². The van der Waals surface area contributed by atoms with Crippen LogP contribution in [0.4, 0.5) is 11.6 Å². The lowest BCUT2D eigenvalue weighted by Gasteiger charge is -2.14. The summed E-state index contributed by atoms with van der Waals surface area (Å²) < 4.78 is 5.36. The van der Waals surface area contributed by atoms with E-state index in [4.69, 9.17) is 4.74 Å². The van der Waals surface area contributed by atoms with Crippen LogP contribution >= 0.6 is 0 Å². The maximum Gasteiger partial charge on any atom is 0.158 e. The minimum Gasteiger partial charge on any atom is -0.374 e. The molecule has 0 spiro atoms. The number of hydrogen-bond donors (Lipinski definition) is 2. The zero-order valence-electron chi connectivity index (χ0n) is 11.8. The van der Waals surface area contributed by atoms with Crippen molar-refractivity contribution in [3.8, 4) is 0 Å². The van der Waals surface area contributed by atoms with Crippen LogP contribution < -0.4 is 10.6 Å². The predicted molar refractivity (Wildman–Crippen MR) is 74.9 cm³/mol. The zero-order chi connectivity index (χ0) is 13.4. The molecule has 1 atom stereocenters. The zero-order valence-corrected chi connectivity index (χ0v) is 11.8. The van der Waals surface area contributed by atoms with Gasteiger partial charge in [-0.2, -0.15) is 0 Å². The molecule has 0 aliphatic carbocycles. The number of hydrogen-bond acceptors (Lipinski definition) is 5. The molecule has 2 N–H and O–H groups in total. The first-order valence-corrected chi connectivity index (χ1v) is 6.65. The molecule has 5 heteroatoms. The van der Waals surface area contributed by atoms with Crippen molar-refractivity contribution in [2.24, 2.45) is 0 Å². The van der Waals surface area contributed by atoms with Gasteiger partial charge in [0.05, 0.1) is 0 Å². The van der Waals surface area contributed by atoms with E-state index < -0.39 is 0 Å². The summed E-state index contributed by atoms with van der Waals surface area (Å²) in [6.45, 7) is 10.3. The molecule has 1 heterocycles. The Bertz CT molecular complexity index is 357. The predicted octanol–water partition coefficient (Wildman–Crippen LogP) is 2.66. The number of nitrogens with zero attached hydrogens (tertiary/aromatic N) is 2. The summed E-state index contributed by atoms with van der Waals surface area (Å²) in [6, 6.07) is 2.33. The smallest absolute Gasteiger partial charge is 0.158 e. The lowest BCUT2D eigenvalue weighted by atomic mass is 10.2. The van der Waals surface area contributed by atoms with E-state index in [2.05, 4.69) is 34.4 Å². The van der Waals surface area contributed by atoms with Crippen LogP contribution in [0.2, 0.25) is 0 Å². The van der Waals surface area contributed by atoms with Crippen molar-refractivity contribution in [2.75, 3.05) is 23.8 Å². The number of nitrogens with one attached hydrogen (secondary N) is 2. The van der Waals surface area contributed by atoms with E-state index >= 15 is 0 Å². The SMILES string of the molecule is CCNc1cc(NC(C)CC)nc(COCC)n1. The van der Waals surface area contributed by atoms with Gasteiger partial charge in [0.2, 0.25) is 0 Å². The summed E-state index contributed by atoms with van der Waals surface area (Å²) in [6.07, 6.45) is 1.06. The van der Waals surface area contributed by atoms with E-state index in [0.29, 0.717) is 25.1 Å². The second-order valence-electron chi connectivity index (χ2n) is 4.18. The van der Waals surface area contributed by atoms with Gasteiger partial charge >= 0.3 is 0 Å². The third-order valence-corrected chi connectivity index (χ3v) is 2.57. The summed E-state index contributed by atoms with van der Waals surface area (Å²) in [4.78, 5) is 8.86. The summed E-state index contributed by atoms with van der Waals surface area (Å²) in [5.74, 6) is 2.40. The van der Waals surface area contributed by atoms with Gasteiger partial charge in [-0.15, -0.1) is 0 Å². The van der Waals surface area contributed by atoms with Crippen molar-refractivity contribution >= 4 is 11.6 Å². The molecule has 1 aromatic heterocycles. The Hall–Kier alpha value is -1.36. The van der Waals surface area contributed by atoms with Crippen molar-refractivity contribution in [1.29, 1.82) is 0 Å². The molecule has 1 rings (SSSR count). The number of ether oxygens (including phenoxy) is 1. The Morgan fingerprint density at radius 3 is 2.56 bits per heavy atom. The molecular formula is C13H24N4O. The molecule has 0 aliphatic rings. The number of aromatic nitrogens is 2. The van der Waals surface area contributed by atoms with Crippen LogP contribution in [0, 0.1) is 0 Å². The van der Waals surface area contributed by atoms with Gasteiger partial charge in [0, 0.05) is 25.3 Å². The maximum atomic E-state index is 5.36. The standard InChI is InChI=1S/C13H24N4O/c1-5-10(4)15-12-8-11(14-6-2)16-13(17-12)9-18-7-3/h8,10H,5-7,9H2,1-4H3,(H2,14,15,16,17). The summed E-state index contributed by atoms with van der Waals surface area (Å²) in [5.41, 5.74) is 0.